The number of hydrogen-bond donors (Lipinski definition) is 19. The molecule has 11 amide bonds. The van der Waals surface area contributed by atoms with Crippen LogP contribution >= 0.6 is 0 Å². The van der Waals surface area contributed by atoms with Crippen molar-refractivity contribution in [3.8, 4) is 0 Å². The minimum atomic E-state index is -1.97. The summed E-state index contributed by atoms with van der Waals surface area (Å²) in [4.78, 5) is 153. The Balaban J connectivity index is 6.02. The summed E-state index contributed by atoms with van der Waals surface area (Å²) in [6.45, 7) is 0.607. The number of aliphatic carboxylic acids is 1. The first-order valence-electron chi connectivity index (χ1n) is 22.5. The maximum atomic E-state index is 13.5. The van der Waals surface area contributed by atoms with E-state index < -0.39 is 177 Å². The van der Waals surface area contributed by atoms with Gasteiger partial charge >= 0.3 is 5.97 Å². The summed E-state index contributed by atoms with van der Waals surface area (Å²) < 4.78 is 0. The lowest BCUT2D eigenvalue weighted by Gasteiger charge is -2.28. The van der Waals surface area contributed by atoms with Crippen LogP contribution in [0.4, 0.5) is 0 Å². The number of nitrogens with one attached hydrogen (secondary N) is 9. The number of primary amides is 2. The largest absolute Gasteiger partial charge is 0.480 e. The SMILES string of the molecule is C[C@H](NC(=O)[C@H](CCCCN)NC(=O)[C@H](CO)NC(=O)[C@H](C)NC(=O)[C@H](CO)NC(=O)[C@H](CCC(N)=O)NC(=O)[C@@H](NC(=O)[C@H](CO)NC(=O)[C@H](CC(N)=O)NC(=O)[C@@H](N)CCCCN)[C@@H](C)O)C(=O)O. The summed E-state index contributed by atoms with van der Waals surface area (Å²) in [7, 11) is 0. The summed E-state index contributed by atoms with van der Waals surface area (Å²) in [5.74, 6) is -13.5. The van der Waals surface area contributed by atoms with Gasteiger partial charge in [0.1, 0.15) is 54.4 Å². The first kappa shape index (κ1) is 64.4. The average molecular weight is 1020 g/mol. The molecule has 0 aliphatic rings. The van der Waals surface area contributed by atoms with E-state index in [1.807, 2.05) is 0 Å². The molecule has 0 radical (unpaired) electrons. The van der Waals surface area contributed by atoms with Gasteiger partial charge < -0.3 is 102 Å². The standard InChI is InChI=1S/C40H72N14O17/c1-18(31(61)51-26(16-56)37(67)48-22(9-5-7-13-42)33(63)47-19(2)40(70)71)46-36(66)25(15-55)52-34(64)23(10-11-28(44)59)49-39(69)30(20(3)58)54-38(68)27(17-57)53-35(65)24(14-29(45)60)50-32(62)21(43)8-4-6-12-41/h18-27,30,55-58H,4-17,41-43H2,1-3H3,(H2,44,59)(H2,45,60)(H,46,66)(H,47,63)(H,48,67)(H,49,69)(H,50,62)(H,51,61)(H,52,64)(H,53,65)(H,54,68)(H,70,71)/t18-,19-,20+,21-,22-,23-,24-,25-,26-,27-,30-/m0/s1. The average Bonchev–Trinajstić information content (AvgIpc) is 3.30. The van der Waals surface area contributed by atoms with Crippen molar-refractivity contribution in [2.75, 3.05) is 32.9 Å². The van der Waals surface area contributed by atoms with Gasteiger partial charge in [0, 0.05) is 6.42 Å². The number of carbonyl (C=O) groups excluding carboxylic acids is 11. The maximum Gasteiger partial charge on any atom is 0.325 e. The molecule has 71 heavy (non-hydrogen) atoms. The van der Waals surface area contributed by atoms with Crippen molar-refractivity contribution in [1.82, 2.24) is 47.9 Å². The predicted molar refractivity (Wildman–Crippen MR) is 245 cm³/mol. The van der Waals surface area contributed by atoms with Crippen LogP contribution in [0.5, 0.6) is 0 Å². The summed E-state index contributed by atoms with van der Waals surface area (Å²) in [5.41, 5.74) is 27.3. The van der Waals surface area contributed by atoms with E-state index in [4.69, 9.17) is 33.8 Å². The molecule has 11 atom stereocenters. The number of hydrogen-bond acceptors (Lipinski definition) is 19. The summed E-state index contributed by atoms with van der Waals surface area (Å²) in [5, 5.41) is 69.1. The maximum absolute atomic E-state index is 13.5. The van der Waals surface area contributed by atoms with Gasteiger partial charge in [-0.2, -0.15) is 0 Å². The van der Waals surface area contributed by atoms with Gasteiger partial charge in [0.25, 0.3) is 0 Å². The molecule has 0 spiro atoms. The van der Waals surface area contributed by atoms with Crippen molar-refractivity contribution in [3.63, 3.8) is 0 Å². The van der Waals surface area contributed by atoms with Crippen LogP contribution in [0.15, 0.2) is 0 Å². The molecule has 0 aliphatic carbocycles. The first-order valence-corrected chi connectivity index (χ1v) is 22.5. The van der Waals surface area contributed by atoms with Gasteiger partial charge in [-0.3, -0.25) is 57.5 Å². The number of amides is 11. The molecule has 0 aromatic heterocycles. The van der Waals surface area contributed by atoms with E-state index in [0.717, 1.165) is 13.8 Å². The van der Waals surface area contributed by atoms with Crippen molar-refractivity contribution in [3.05, 3.63) is 0 Å². The minimum Gasteiger partial charge on any atom is -0.480 e. The van der Waals surface area contributed by atoms with Crippen molar-refractivity contribution in [2.45, 2.75) is 145 Å². The highest BCUT2D eigenvalue weighted by Gasteiger charge is 2.36. The Morgan fingerprint density at radius 2 is 0.817 bits per heavy atom. The zero-order valence-electron chi connectivity index (χ0n) is 39.8. The van der Waals surface area contributed by atoms with Crippen molar-refractivity contribution < 1.29 is 83.1 Å². The number of carboxylic acids is 1. The molecule has 0 rings (SSSR count). The Hall–Kier alpha value is -6.64. The van der Waals surface area contributed by atoms with Crippen molar-refractivity contribution in [2.24, 2.45) is 28.7 Å². The van der Waals surface area contributed by atoms with E-state index in [1.165, 1.54) is 6.92 Å². The molecular formula is C40H72N14O17. The lowest BCUT2D eigenvalue weighted by atomic mass is 10.1. The van der Waals surface area contributed by atoms with Gasteiger partial charge in [-0.15, -0.1) is 0 Å². The fourth-order valence-corrected chi connectivity index (χ4v) is 6.02. The van der Waals surface area contributed by atoms with Crippen molar-refractivity contribution >= 4 is 70.9 Å². The molecule has 0 aromatic rings. The molecule has 0 unspecified atom stereocenters. The Morgan fingerprint density at radius 3 is 1.28 bits per heavy atom. The van der Waals surface area contributed by atoms with Crippen LogP contribution in [0.1, 0.15) is 78.6 Å². The van der Waals surface area contributed by atoms with Gasteiger partial charge in [0.15, 0.2) is 0 Å². The predicted octanol–water partition coefficient (Wildman–Crippen LogP) is -10.4. The van der Waals surface area contributed by atoms with E-state index in [1.54, 1.807) is 0 Å². The second-order valence-corrected chi connectivity index (χ2v) is 16.3. The molecule has 0 bridgehead atoms. The van der Waals surface area contributed by atoms with E-state index in [2.05, 4.69) is 47.9 Å². The van der Waals surface area contributed by atoms with Gasteiger partial charge in [-0.25, -0.2) is 0 Å². The molecule has 0 aliphatic heterocycles. The fraction of sp³-hybridized carbons (Fsp3) is 0.700. The van der Waals surface area contributed by atoms with Gasteiger partial charge in [-0.1, -0.05) is 6.42 Å². The highest BCUT2D eigenvalue weighted by atomic mass is 16.4. The zero-order valence-corrected chi connectivity index (χ0v) is 39.8. The minimum absolute atomic E-state index is 0.00467. The zero-order chi connectivity index (χ0) is 54.5. The van der Waals surface area contributed by atoms with Gasteiger partial charge in [-0.05, 0) is 72.4 Å². The second kappa shape index (κ2) is 33.8. The molecule has 31 nitrogen and oxygen atoms in total. The smallest absolute Gasteiger partial charge is 0.325 e. The first-order chi connectivity index (χ1) is 33.3. The van der Waals surface area contributed by atoms with E-state index in [-0.39, 0.29) is 19.4 Å². The van der Waals surface area contributed by atoms with Gasteiger partial charge in [0.2, 0.25) is 65.0 Å². The van der Waals surface area contributed by atoms with Gasteiger partial charge in [0.05, 0.1) is 38.4 Å². The quantitative estimate of drug-likeness (QED) is 0.0259. The van der Waals surface area contributed by atoms with Crippen LogP contribution in [-0.2, 0) is 57.5 Å². The topological polar surface area (TPSA) is 544 Å². The number of aliphatic hydroxyl groups excluding tert-OH is 4. The number of carboxylic acid groups (broad SMARTS) is 1. The summed E-state index contributed by atoms with van der Waals surface area (Å²) in [6.07, 6.45) is -1.73. The highest BCUT2D eigenvalue weighted by Crippen LogP contribution is 2.06. The fourth-order valence-electron chi connectivity index (χ4n) is 6.02. The summed E-state index contributed by atoms with van der Waals surface area (Å²) >= 11 is 0. The molecule has 0 aromatic carbocycles. The Labute approximate surface area is 408 Å². The number of aliphatic hydroxyl groups is 4. The third-order valence-electron chi connectivity index (χ3n) is 10.2. The van der Waals surface area contributed by atoms with E-state index >= 15 is 0 Å². The van der Waals surface area contributed by atoms with Crippen LogP contribution in [0.25, 0.3) is 0 Å². The van der Waals surface area contributed by atoms with E-state index in [9.17, 15) is 78.0 Å². The third-order valence-corrected chi connectivity index (χ3v) is 10.2. The molecule has 0 saturated heterocycles. The van der Waals surface area contributed by atoms with Crippen LogP contribution in [0.2, 0.25) is 0 Å². The Bertz CT molecular complexity index is 1840. The Kier molecular flexibility index (Phi) is 30.7. The monoisotopic (exact) mass is 1020 g/mol. The Morgan fingerprint density at radius 1 is 0.437 bits per heavy atom. The molecule has 0 fully saturated rings. The lowest BCUT2D eigenvalue weighted by molar-refractivity contribution is -0.142. The molecular weight excluding hydrogens is 949 g/mol. The highest BCUT2D eigenvalue weighted by molar-refractivity contribution is 5.99. The van der Waals surface area contributed by atoms with Crippen LogP contribution in [-0.4, -0.2) is 196 Å². The van der Waals surface area contributed by atoms with Crippen LogP contribution in [0.3, 0.4) is 0 Å². The number of carbonyl (C=O) groups is 12. The molecule has 0 saturated carbocycles. The lowest BCUT2D eigenvalue weighted by Crippen LogP contribution is -2.62. The van der Waals surface area contributed by atoms with Crippen LogP contribution < -0.4 is 76.5 Å². The molecule has 24 N–H and O–H groups in total. The molecule has 0 heterocycles. The van der Waals surface area contributed by atoms with E-state index in [0.29, 0.717) is 32.2 Å². The number of rotatable bonds is 36. The molecule has 31 heteroatoms. The third kappa shape index (κ3) is 24.7. The summed E-state index contributed by atoms with van der Waals surface area (Å²) in [6, 6.07) is -16.2. The second-order valence-electron chi connectivity index (χ2n) is 16.3. The molecule has 404 valence electrons. The van der Waals surface area contributed by atoms with Crippen molar-refractivity contribution in [1.29, 1.82) is 0 Å². The normalized spacial score (nSPS) is 15.6. The number of nitrogens with two attached hydrogens (primary N) is 5. The van der Waals surface area contributed by atoms with Crippen LogP contribution in [0, 0.1) is 0 Å². The number of unbranched alkanes of at least 4 members (excludes halogenated alkanes) is 2.